The number of hydrogen-bond donors (Lipinski definition) is 1. The maximum Gasteiger partial charge on any atom is 0.147 e. The van der Waals surface area contributed by atoms with E-state index >= 15 is 0 Å². The van der Waals surface area contributed by atoms with E-state index in [1.165, 1.54) is 0 Å². The molecule has 1 N–H and O–H groups in total. The summed E-state index contributed by atoms with van der Waals surface area (Å²) in [6.07, 6.45) is 5.52. The van der Waals surface area contributed by atoms with Crippen LogP contribution in [-0.4, -0.2) is 19.6 Å². The second-order valence-electron chi connectivity index (χ2n) is 9.43. The summed E-state index contributed by atoms with van der Waals surface area (Å²) >= 11 is 0. The quantitative estimate of drug-likeness (QED) is 0.275. The third-order valence-corrected chi connectivity index (χ3v) is 7.18. The summed E-state index contributed by atoms with van der Waals surface area (Å²) in [5, 5.41) is 13.8. The molecule has 1 atom stereocenters. The van der Waals surface area contributed by atoms with Crippen molar-refractivity contribution < 1.29 is 5.11 Å². The minimum absolute atomic E-state index is 0.531. The molecular formula is C33H27N3O. The normalized spacial score (nSPS) is 13.4. The van der Waals surface area contributed by atoms with Crippen LogP contribution >= 0.6 is 0 Å². The van der Waals surface area contributed by atoms with Crippen LogP contribution in [0.3, 0.4) is 0 Å². The van der Waals surface area contributed by atoms with E-state index in [0.29, 0.717) is 11.4 Å². The van der Waals surface area contributed by atoms with Crippen LogP contribution in [0.15, 0.2) is 140 Å². The molecule has 2 aromatic heterocycles. The molecule has 0 spiro atoms. The van der Waals surface area contributed by atoms with Crippen molar-refractivity contribution in [1.29, 1.82) is 0 Å². The molecule has 4 aromatic carbocycles. The largest absolute Gasteiger partial charge is 0.377 e. The molecule has 1 unspecified atom stereocenters. The van der Waals surface area contributed by atoms with Gasteiger partial charge >= 0.3 is 0 Å². The molecule has 0 saturated heterocycles. The van der Waals surface area contributed by atoms with Gasteiger partial charge in [0.05, 0.1) is 17.7 Å². The number of aliphatic hydroxyl groups is 1. The van der Waals surface area contributed by atoms with Crippen molar-refractivity contribution in [2.75, 3.05) is 0 Å². The Hall–Kier alpha value is -4.54. The third-order valence-electron chi connectivity index (χ3n) is 7.18. The van der Waals surface area contributed by atoms with E-state index in [-0.39, 0.29) is 0 Å². The first-order chi connectivity index (χ1) is 18.1. The van der Waals surface area contributed by atoms with E-state index < -0.39 is 11.1 Å². The van der Waals surface area contributed by atoms with E-state index in [1.807, 2.05) is 61.1 Å². The van der Waals surface area contributed by atoms with Gasteiger partial charge in [-0.1, -0.05) is 115 Å². The smallest absolute Gasteiger partial charge is 0.147 e. The zero-order valence-electron chi connectivity index (χ0n) is 20.6. The number of benzene rings is 4. The first-order valence-corrected chi connectivity index (χ1v) is 12.4. The summed E-state index contributed by atoms with van der Waals surface area (Å²) in [4.78, 5) is 9.39. The number of rotatable bonds is 6. The summed E-state index contributed by atoms with van der Waals surface area (Å²) in [5.41, 5.74) is 2.31. The first-order valence-electron chi connectivity index (χ1n) is 12.4. The van der Waals surface area contributed by atoms with Crippen molar-refractivity contribution in [2.24, 2.45) is 0 Å². The lowest BCUT2D eigenvalue weighted by Gasteiger charge is -2.37. The summed E-state index contributed by atoms with van der Waals surface area (Å²) in [6.45, 7) is 1.77. The van der Waals surface area contributed by atoms with E-state index in [0.717, 1.165) is 27.5 Å². The minimum Gasteiger partial charge on any atom is -0.377 e. The van der Waals surface area contributed by atoms with Gasteiger partial charge in [-0.05, 0) is 35.1 Å². The lowest BCUT2D eigenvalue weighted by atomic mass is 9.76. The van der Waals surface area contributed by atoms with Gasteiger partial charge in [-0.3, -0.25) is 4.98 Å². The molecule has 2 heterocycles. The molecule has 37 heavy (non-hydrogen) atoms. The van der Waals surface area contributed by atoms with Gasteiger partial charge < -0.3 is 9.67 Å². The van der Waals surface area contributed by atoms with Crippen molar-refractivity contribution >= 4 is 10.8 Å². The number of nitrogens with zero attached hydrogens (tertiary/aromatic N) is 3. The zero-order valence-corrected chi connectivity index (χ0v) is 20.6. The molecule has 0 aliphatic heterocycles. The van der Waals surface area contributed by atoms with Crippen LogP contribution in [0.4, 0.5) is 0 Å². The molecule has 6 aromatic rings. The average molecular weight is 482 g/mol. The highest BCUT2D eigenvalue weighted by Gasteiger charge is 2.40. The van der Waals surface area contributed by atoms with Crippen LogP contribution in [0.2, 0.25) is 0 Å². The van der Waals surface area contributed by atoms with Crippen LogP contribution in [0.1, 0.15) is 35.0 Å². The minimum atomic E-state index is -1.40. The van der Waals surface area contributed by atoms with Gasteiger partial charge in [0.2, 0.25) is 0 Å². The van der Waals surface area contributed by atoms with Gasteiger partial charge in [0, 0.05) is 17.8 Å². The molecule has 0 saturated carbocycles. The standard InChI is InChI=1S/C33H27N3O/c1-32(37,31-29-20-12-11-13-25(29)21-22-34-31)30-23-36(24-35-30)33(26-14-5-2-6-15-26,27-16-7-3-8-17-27)28-18-9-4-10-19-28/h2-24,37H,1H3. The molecule has 0 bridgehead atoms. The second-order valence-corrected chi connectivity index (χ2v) is 9.43. The van der Waals surface area contributed by atoms with Gasteiger partial charge in [0.25, 0.3) is 0 Å². The highest BCUT2D eigenvalue weighted by Crippen LogP contribution is 2.42. The van der Waals surface area contributed by atoms with Gasteiger partial charge in [0.1, 0.15) is 11.1 Å². The molecular weight excluding hydrogens is 454 g/mol. The number of hydrogen-bond acceptors (Lipinski definition) is 3. The molecule has 180 valence electrons. The Kier molecular flexibility index (Phi) is 5.67. The number of pyridine rings is 1. The molecule has 4 nitrogen and oxygen atoms in total. The van der Waals surface area contributed by atoms with Crippen molar-refractivity contribution in [1.82, 2.24) is 14.5 Å². The lowest BCUT2D eigenvalue weighted by molar-refractivity contribution is 0.0946. The fourth-order valence-electron chi connectivity index (χ4n) is 5.37. The summed E-state index contributed by atoms with van der Waals surface area (Å²) in [6, 6.07) is 41.2. The Morgan fingerprint density at radius 1 is 0.622 bits per heavy atom. The van der Waals surface area contributed by atoms with Crippen molar-refractivity contribution in [3.05, 3.63) is 168 Å². The maximum absolute atomic E-state index is 11.9. The average Bonchev–Trinajstić information content (AvgIpc) is 3.47. The SMILES string of the molecule is CC(O)(c1cn(C(c2ccccc2)(c2ccccc2)c2ccccc2)cn1)c1nccc2ccccc12. The number of aromatic nitrogens is 3. The van der Waals surface area contributed by atoms with E-state index in [9.17, 15) is 5.11 Å². The topological polar surface area (TPSA) is 50.9 Å². The Morgan fingerprint density at radius 3 is 1.70 bits per heavy atom. The van der Waals surface area contributed by atoms with Gasteiger partial charge in [-0.25, -0.2) is 4.98 Å². The van der Waals surface area contributed by atoms with Crippen molar-refractivity contribution in [3.8, 4) is 0 Å². The van der Waals surface area contributed by atoms with Crippen LogP contribution in [-0.2, 0) is 11.1 Å². The third kappa shape index (κ3) is 3.74. The Bertz CT molecular complexity index is 1540. The summed E-state index contributed by atoms with van der Waals surface area (Å²) in [5.74, 6) is 0. The van der Waals surface area contributed by atoms with E-state index in [1.54, 1.807) is 13.1 Å². The molecule has 0 amide bonds. The van der Waals surface area contributed by atoms with Crippen LogP contribution in [0.5, 0.6) is 0 Å². The van der Waals surface area contributed by atoms with E-state index in [4.69, 9.17) is 4.98 Å². The second kappa shape index (κ2) is 9.16. The molecule has 0 fully saturated rings. The van der Waals surface area contributed by atoms with Crippen LogP contribution in [0.25, 0.3) is 10.8 Å². The maximum atomic E-state index is 11.9. The highest BCUT2D eigenvalue weighted by atomic mass is 16.3. The molecule has 4 heteroatoms. The summed E-state index contributed by atoms with van der Waals surface area (Å²) in [7, 11) is 0. The molecule has 0 aliphatic carbocycles. The van der Waals surface area contributed by atoms with Crippen molar-refractivity contribution in [2.45, 2.75) is 18.1 Å². The fourth-order valence-corrected chi connectivity index (χ4v) is 5.37. The first kappa shape index (κ1) is 22.9. The highest BCUT2D eigenvalue weighted by molar-refractivity contribution is 5.85. The Balaban J connectivity index is 1.60. The molecule has 0 aliphatic rings. The monoisotopic (exact) mass is 481 g/mol. The summed E-state index contributed by atoms with van der Waals surface area (Å²) < 4.78 is 2.11. The number of fused-ring (bicyclic) bond motifs is 1. The van der Waals surface area contributed by atoms with Crippen LogP contribution < -0.4 is 0 Å². The fraction of sp³-hybridized carbons (Fsp3) is 0.0909. The predicted molar refractivity (Wildman–Crippen MR) is 147 cm³/mol. The van der Waals surface area contributed by atoms with Gasteiger partial charge in [-0.15, -0.1) is 0 Å². The van der Waals surface area contributed by atoms with Gasteiger partial charge in [-0.2, -0.15) is 0 Å². The lowest BCUT2D eigenvalue weighted by Crippen LogP contribution is -2.37. The van der Waals surface area contributed by atoms with Crippen molar-refractivity contribution in [3.63, 3.8) is 0 Å². The molecule has 0 radical (unpaired) electrons. The Labute approximate surface area is 216 Å². The Morgan fingerprint density at radius 2 is 1.14 bits per heavy atom. The van der Waals surface area contributed by atoms with Gasteiger partial charge in [0.15, 0.2) is 0 Å². The number of imidazole rings is 1. The predicted octanol–water partition coefficient (Wildman–Crippen LogP) is 6.53. The molecule has 6 rings (SSSR count). The van der Waals surface area contributed by atoms with E-state index in [2.05, 4.69) is 82.3 Å². The van der Waals surface area contributed by atoms with Crippen LogP contribution in [0, 0.1) is 0 Å². The zero-order chi connectivity index (χ0) is 25.3.